The average molecular weight is 263 g/mol. The molecular weight excluding hydrogens is 253 g/mol. The van der Waals surface area contributed by atoms with Crippen molar-refractivity contribution < 1.29 is 4.79 Å². The molecule has 1 atom stereocenters. The number of ketones is 1. The Kier molecular flexibility index (Phi) is 3.33. The van der Waals surface area contributed by atoms with E-state index in [1.807, 2.05) is 13.0 Å². The summed E-state index contributed by atoms with van der Waals surface area (Å²) in [7, 11) is 0. The van der Waals surface area contributed by atoms with Crippen LogP contribution in [-0.4, -0.2) is 10.1 Å². The van der Waals surface area contributed by atoms with Crippen molar-refractivity contribution in [3.63, 3.8) is 0 Å². The number of alkyl halides is 2. The third-order valence-corrected chi connectivity index (χ3v) is 2.29. The molecule has 0 spiro atoms. The third-order valence-electron chi connectivity index (χ3n) is 1.67. The summed E-state index contributed by atoms with van der Waals surface area (Å²) in [6.07, 6.45) is 0. The van der Waals surface area contributed by atoms with Gasteiger partial charge in [0.1, 0.15) is 0 Å². The van der Waals surface area contributed by atoms with Crippen molar-refractivity contribution >= 4 is 39.0 Å². The predicted octanol–water partition coefficient (Wildman–Crippen LogP) is 2.72. The highest BCUT2D eigenvalue weighted by molar-refractivity contribution is 9.10. The maximum absolute atomic E-state index is 11.5. The van der Waals surface area contributed by atoms with Gasteiger partial charge in [-0.15, -0.1) is 11.6 Å². The van der Waals surface area contributed by atoms with Crippen molar-refractivity contribution in [3.8, 4) is 0 Å². The zero-order valence-electron chi connectivity index (χ0n) is 7.05. The molecular formula is C9H9BrClNO. The number of carbonyl (C=O) groups is 1. The number of anilines is 1. The molecule has 0 fully saturated rings. The van der Waals surface area contributed by atoms with Crippen molar-refractivity contribution in [3.05, 3.63) is 29.3 Å². The molecule has 0 aliphatic heterocycles. The molecule has 0 aliphatic rings. The highest BCUT2D eigenvalue weighted by atomic mass is 79.9. The molecule has 1 rings (SSSR count). The molecule has 0 aromatic heterocycles. The minimum atomic E-state index is -0.711. The van der Waals surface area contributed by atoms with Crippen molar-refractivity contribution in [1.29, 1.82) is 0 Å². The Labute approximate surface area is 90.2 Å². The van der Waals surface area contributed by atoms with E-state index in [1.54, 1.807) is 12.1 Å². The number of carbonyl (C=O) groups excluding carboxylic acids is 1. The van der Waals surface area contributed by atoms with Gasteiger partial charge in [0.2, 0.25) is 0 Å². The fourth-order valence-electron chi connectivity index (χ4n) is 1.00. The summed E-state index contributed by atoms with van der Waals surface area (Å²) in [4.78, 5) is 11.5. The van der Waals surface area contributed by atoms with E-state index >= 15 is 0 Å². The summed E-state index contributed by atoms with van der Waals surface area (Å²) >= 11 is 8.59. The molecule has 0 aliphatic carbocycles. The topological polar surface area (TPSA) is 43.1 Å². The second kappa shape index (κ2) is 4.11. The van der Waals surface area contributed by atoms with E-state index in [4.69, 9.17) is 17.3 Å². The summed E-state index contributed by atoms with van der Waals surface area (Å²) in [5.41, 5.74) is 7.54. The van der Waals surface area contributed by atoms with E-state index in [-0.39, 0.29) is 5.78 Å². The largest absolute Gasteiger partial charge is 0.398 e. The molecule has 0 amide bonds. The summed E-state index contributed by atoms with van der Waals surface area (Å²) in [5, 5.41) is 0. The first-order chi connectivity index (χ1) is 6.02. The number of nitrogens with two attached hydrogens (primary N) is 1. The summed E-state index contributed by atoms with van der Waals surface area (Å²) in [6, 6.07) is 5.28. The third kappa shape index (κ3) is 2.45. The Morgan fingerprint density at radius 3 is 2.77 bits per heavy atom. The molecule has 0 saturated carbocycles. The molecule has 1 aromatic rings. The molecule has 1 aromatic carbocycles. The lowest BCUT2D eigenvalue weighted by Gasteiger charge is -2.05. The Bertz CT molecular complexity index is 338. The zero-order chi connectivity index (χ0) is 10.0. The first-order valence-electron chi connectivity index (χ1n) is 3.71. The van der Waals surface area contributed by atoms with Gasteiger partial charge in [0.15, 0.2) is 10.1 Å². The quantitative estimate of drug-likeness (QED) is 0.506. The van der Waals surface area contributed by atoms with Crippen LogP contribution >= 0.6 is 27.5 Å². The SMILES string of the molecule is Cc1ccc(N)c(C(=O)C(Cl)Br)c1. The van der Waals surface area contributed by atoms with Gasteiger partial charge in [-0.25, -0.2) is 0 Å². The molecule has 2 nitrogen and oxygen atoms in total. The maximum atomic E-state index is 11.5. The van der Waals surface area contributed by atoms with Gasteiger partial charge < -0.3 is 5.73 Å². The molecule has 1 unspecified atom stereocenters. The van der Waals surface area contributed by atoms with Crippen LogP contribution in [0.3, 0.4) is 0 Å². The lowest BCUT2D eigenvalue weighted by Crippen LogP contribution is -2.10. The van der Waals surface area contributed by atoms with Crippen LogP contribution in [0.4, 0.5) is 5.69 Å². The van der Waals surface area contributed by atoms with Crippen molar-refractivity contribution in [2.45, 2.75) is 11.2 Å². The van der Waals surface area contributed by atoms with E-state index in [1.165, 1.54) is 0 Å². The molecule has 0 saturated heterocycles. The van der Waals surface area contributed by atoms with Gasteiger partial charge in [-0.2, -0.15) is 0 Å². The lowest BCUT2D eigenvalue weighted by molar-refractivity contribution is 0.101. The van der Waals surface area contributed by atoms with Gasteiger partial charge in [-0.05, 0) is 19.1 Å². The number of rotatable bonds is 2. The highest BCUT2D eigenvalue weighted by Crippen LogP contribution is 2.20. The van der Waals surface area contributed by atoms with Crippen LogP contribution in [0.5, 0.6) is 0 Å². The summed E-state index contributed by atoms with van der Waals surface area (Å²) in [5.74, 6) is -0.206. The van der Waals surface area contributed by atoms with E-state index in [0.717, 1.165) is 5.56 Å². The van der Waals surface area contributed by atoms with Gasteiger partial charge in [-0.3, -0.25) is 4.79 Å². The smallest absolute Gasteiger partial charge is 0.193 e. The number of Topliss-reactive ketones (excluding diaryl/α,β-unsaturated/α-hetero) is 1. The Hall–Kier alpha value is -0.540. The van der Waals surface area contributed by atoms with Crippen LogP contribution < -0.4 is 5.73 Å². The average Bonchev–Trinajstić information content (AvgIpc) is 2.08. The van der Waals surface area contributed by atoms with Crippen LogP contribution in [0.15, 0.2) is 18.2 Å². The Balaban J connectivity index is 3.13. The van der Waals surface area contributed by atoms with Gasteiger partial charge in [0, 0.05) is 11.3 Å². The van der Waals surface area contributed by atoms with Crippen LogP contribution in [0.2, 0.25) is 0 Å². The minimum Gasteiger partial charge on any atom is -0.398 e. The van der Waals surface area contributed by atoms with Crippen molar-refractivity contribution in [2.75, 3.05) is 5.73 Å². The first kappa shape index (κ1) is 10.5. The molecule has 4 heteroatoms. The van der Waals surface area contributed by atoms with E-state index in [2.05, 4.69) is 15.9 Å². The molecule has 0 heterocycles. The van der Waals surface area contributed by atoms with Crippen molar-refractivity contribution in [2.24, 2.45) is 0 Å². The number of nitrogen functional groups attached to an aromatic ring is 1. The Morgan fingerprint density at radius 2 is 2.23 bits per heavy atom. The van der Waals surface area contributed by atoms with Gasteiger partial charge in [0.25, 0.3) is 0 Å². The standard InChI is InChI=1S/C9H9BrClNO/c1-5-2-3-7(12)6(4-5)8(13)9(10)11/h2-4,9H,12H2,1H3. The molecule has 13 heavy (non-hydrogen) atoms. The molecule has 0 radical (unpaired) electrons. The molecule has 2 N–H and O–H groups in total. The number of hydrogen-bond acceptors (Lipinski definition) is 2. The monoisotopic (exact) mass is 261 g/mol. The fourth-order valence-corrected chi connectivity index (χ4v) is 1.37. The second-order valence-corrected chi connectivity index (χ2v) is 4.63. The molecule has 0 bridgehead atoms. The summed E-state index contributed by atoms with van der Waals surface area (Å²) < 4.78 is -0.711. The normalized spacial score (nSPS) is 12.5. The van der Waals surface area contributed by atoms with Gasteiger partial charge in [0.05, 0.1) is 0 Å². The number of hydrogen-bond donors (Lipinski definition) is 1. The van der Waals surface area contributed by atoms with E-state index < -0.39 is 4.29 Å². The second-order valence-electron chi connectivity index (χ2n) is 2.76. The Morgan fingerprint density at radius 1 is 1.62 bits per heavy atom. The van der Waals surface area contributed by atoms with Crippen LogP contribution in [0.25, 0.3) is 0 Å². The zero-order valence-corrected chi connectivity index (χ0v) is 9.39. The van der Waals surface area contributed by atoms with Gasteiger partial charge in [-0.1, -0.05) is 27.6 Å². The van der Waals surface area contributed by atoms with Crippen LogP contribution in [0, 0.1) is 6.92 Å². The molecule has 70 valence electrons. The predicted molar refractivity (Wildman–Crippen MR) is 58.5 cm³/mol. The van der Waals surface area contributed by atoms with E-state index in [0.29, 0.717) is 11.3 Å². The van der Waals surface area contributed by atoms with Crippen LogP contribution in [0.1, 0.15) is 15.9 Å². The fraction of sp³-hybridized carbons (Fsp3) is 0.222. The lowest BCUT2D eigenvalue weighted by atomic mass is 10.1. The minimum absolute atomic E-state index is 0.206. The van der Waals surface area contributed by atoms with E-state index in [9.17, 15) is 4.79 Å². The van der Waals surface area contributed by atoms with Crippen molar-refractivity contribution in [1.82, 2.24) is 0 Å². The first-order valence-corrected chi connectivity index (χ1v) is 5.06. The van der Waals surface area contributed by atoms with Crippen LogP contribution in [-0.2, 0) is 0 Å². The maximum Gasteiger partial charge on any atom is 0.193 e. The number of benzene rings is 1. The number of aryl methyl sites for hydroxylation is 1. The highest BCUT2D eigenvalue weighted by Gasteiger charge is 2.16. The number of halogens is 2. The van der Waals surface area contributed by atoms with Gasteiger partial charge >= 0.3 is 0 Å². The summed E-state index contributed by atoms with van der Waals surface area (Å²) in [6.45, 7) is 1.90.